The minimum Gasteiger partial charge on any atom is -0.464 e. The number of piperidine rings is 1. The van der Waals surface area contributed by atoms with Crippen molar-refractivity contribution >= 4 is 11.9 Å². The van der Waals surface area contributed by atoms with Gasteiger partial charge >= 0.3 is 5.97 Å². The molecule has 1 heterocycles. The molecule has 1 fully saturated rings. The van der Waals surface area contributed by atoms with Crippen molar-refractivity contribution in [2.45, 2.75) is 38.6 Å². The number of hydrogen-bond donors (Lipinski definition) is 0. The molecule has 0 aromatic heterocycles. The predicted molar refractivity (Wildman–Crippen MR) is 76.3 cm³/mol. The molecule has 1 atom stereocenters. The van der Waals surface area contributed by atoms with Crippen molar-refractivity contribution in [3.63, 3.8) is 0 Å². The second kappa shape index (κ2) is 6.42. The number of carbonyl (C=O) groups is 2. The molecule has 0 spiro atoms. The molecule has 22 heavy (non-hydrogen) atoms. The maximum atomic E-state index is 13.3. The molecular weight excluding hydrogens is 292 g/mol. The quantitative estimate of drug-likeness (QED) is 0.806. The Morgan fingerprint density at radius 3 is 2.45 bits per heavy atom. The Hall–Kier alpha value is -1.98. The molecule has 1 unspecified atom stereocenters. The fourth-order valence-electron chi connectivity index (χ4n) is 2.78. The van der Waals surface area contributed by atoms with Gasteiger partial charge in [0.1, 0.15) is 17.2 Å². The zero-order chi connectivity index (χ0) is 16.3. The van der Waals surface area contributed by atoms with E-state index >= 15 is 0 Å². The summed E-state index contributed by atoms with van der Waals surface area (Å²) in [5.41, 5.74) is -1.20. The van der Waals surface area contributed by atoms with Gasteiger partial charge in [-0.05, 0) is 45.2 Å². The predicted octanol–water partition coefficient (Wildman–Crippen LogP) is 2.91. The monoisotopic (exact) mass is 311 g/mol. The van der Waals surface area contributed by atoms with E-state index < -0.39 is 29.0 Å². The van der Waals surface area contributed by atoms with Crippen LogP contribution in [0, 0.1) is 11.6 Å². The average Bonchev–Trinajstić information content (AvgIpc) is 2.46. The lowest BCUT2D eigenvalue weighted by atomic mass is 9.87. The molecule has 1 saturated heterocycles. The van der Waals surface area contributed by atoms with E-state index in [-0.39, 0.29) is 12.2 Å². The van der Waals surface area contributed by atoms with Crippen molar-refractivity contribution in [3.05, 3.63) is 35.4 Å². The van der Waals surface area contributed by atoms with E-state index in [1.165, 1.54) is 4.90 Å². The number of rotatable bonds is 3. The highest BCUT2D eigenvalue weighted by Crippen LogP contribution is 2.31. The topological polar surface area (TPSA) is 46.6 Å². The molecule has 1 aliphatic heterocycles. The first kappa shape index (κ1) is 16.4. The van der Waals surface area contributed by atoms with E-state index in [4.69, 9.17) is 4.74 Å². The molecular formula is C16H19F2NO3. The van der Waals surface area contributed by atoms with Gasteiger partial charge in [0.15, 0.2) is 0 Å². The van der Waals surface area contributed by atoms with Gasteiger partial charge in [0.05, 0.1) is 6.61 Å². The van der Waals surface area contributed by atoms with E-state index in [0.717, 1.165) is 25.0 Å². The molecule has 1 amide bonds. The number of amides is 1. The third kappa shape index (κ3) is 3.10. The molecule has 0 radical (unpaired) electrons. The normalized spacial score (nSPS) is 21.5. The van der Waals surface area contributed by atoms with Gasteiger partial charge in [0, 0.05) is 18.2 Å². The van der Waals surface area contributed by atoms with Crippen LogP contribution in [0.3, 0.4) is 0 Å². The lowest BCUT2D eigenvalue weighted by Crippen LogP contribution is -2.58. The van der Waals surface area contributed by atoms with Crippen LogP contribution >= 0.6 is 0 Å². The molecule has 1 aromatic rings. The Balaban J connectivity index is 2.34. The second-order valence-electron chi connectivity index (χ2n) is 5.57. The molecule has 0 aliphatic carbocycles. The first-order valence-corrected chi connectivity index (χ1v) is 7.34. The number of hydrogen-bond acceptors (Lipinski definition) is 3. The van der Waals surface area contributed by atoms with Crippen molar-refractivity contribution < 1.29 is 23.1 Å². The number of nitrogens with zero attached hydrogens (tertiary/aromatic N) is 1. The standard InChI is InChI=1S/C16H19F2NO3/c1-3-22-15(21)16(2)6-4-5-7-19(16)14(20)11-8-12(17)10-13(18)9-11/h8-10H,3-7H2,1-2H3. The maximum absolute atomic E-state index is 13.3. The third-order valence-corrected chi connectivity index (χ3v) is 3.96. The highest BCUT2D eigenvalue weighted by molar-refractivity contribution is 5.98. The second-order valence-corrected chi connectivity index (χ2v) is 5.57. The van der Waals surface area contributed by atoms with Gasteiger partial charge in [-0.25, -0.2) is 13.6 Å². The van der Waals surface area contributed by atoms with Gasteiger partial charge in [-0.15, -0.1) is 0 Å². The van der Waals surface area contributed by atoms with Crippen molar-refractivity contribution in [1.29, 1.82) is 0 Å². The Morgan fingerprint density at radius 2 is 1.86 bits per heavy atom. The maximum Gasteiger partial charge on any atom is 0.331 e. The lowest BCUT2D eigenvalue weighted by Gasteiger charge is -2.42. The molecule has 1 aliphatic rings. The van der Waals surface area contributed by atoms with Crippen molar-refractivity contribution in [1.82, 2.24) is 4.90 Å². The summed E-state index contributed by atoms with van der Waals surface area (Å²) < 4.78 is 31.7. The van der Waals surface area contributed by atoms with Gasteiger partial charge in [0.2, 0.25) is 0 Å². The zero-order valence-corrected chi connectivity index (χ0v) is 12.7. The van der Waals surface area contributed by atoms with Crippen molar-refractivity contribution in [3.8, 4) is 0 Å². The number of halogens is 2. The summed E-state index contributed by atoms with van der Waals surface area (Å²) in [5, 5.41) is 0. The first-order chi connectivity index (χ1) is 10.4. The van der Waals surface area contributed by atoms with E-state index in [0.29, 0.717) is 19.0 Å². The Bertz CT molecular complexity index is 571. The number of benzene rings is 1. The molecule has 120 valence electrons. The number of esters is 1. The van der Waals surface area contributed by atoms with Crippen LogP contribution in [0.2, 0.25) is 0 Å². The molecule has 4 nitrogen and oxygen atoms in total. The number of carbonyl (C=O) groups excluding carboxylic acids is 2. The van der Waals surface area contributed by atoms with Gasteiger partial charge in [-0.2, -0.15) is 0 Å². The van der Waals surface area contributed by atoms with Crippen LogP contribution in [0.5, 0.6) is 0 Å². The summed E-state index contributed by atoms with van der Waals surface area (Å²) in [6.07, 6.45) is 1.99. The average molecular weight is 311 g/mol. The van der Waals surface area contributed by atoms with Crippen LogP contribution in [0.25, 0.3) is 0 Å². The van der Waals surface area contributed by atoms with Gasteiger partial charge in [-0.3, -0.25) is 4.79 Å². The van der Waals surface area contributed by atoms with Gasteiger partial charge in [0.25, 0.3) is 5.91 Å². The first-order valence-electron chi connectivity index (χ1n) is 7.34. The summed E-state index contributed by atoms with van der Waals surface area (Å²) in [6.45, 7) is 3.90. The number of likely N-dealkylation sites (tertiary alicyclic amines) is 1. The largest absolute Gasteiger partial charge is 0.464 e. The summed E-state index contributed by atoms with van der Waals surface area (Å²) in [4.78, 5) is 26.2. The zero-order valence-electron chi connectivity index (χ0n) is 12.7. The summed E-state index contributed by atoms with van der Waals surface area (Å²) in [5.74, 6) is -2.69. The Morgan fingerprint density at radius 1 is 1.23 bits per heavy atom. The SMILES string of the molecule is CCOC(=O)C1(C)CCCCN1C(=O)c1cc(F)cc(F)c1. The number of ether oxygens (including phenoxy) is 1. The molecule has 2 rings (SSSR count). The third-order valence-electron chi connectivity index (χ3n) is 3.96. The van der Waals surface area contributed by atoms with E-state index in [2.05, 4.69) is 0 Å². The van der Waals surface area contributed by atoms with Crippen LogP contribution in [0.15, 0.2) is 18.2 Å². The highest BCUT2D eigenvalue weighted by atomic mass is 19.1. The molecule has 6 heteroatoms. The molecule has 1 aromatic carbocycles. The van der Waals surface area contributed by atoms with Crippen LogP contribution in [0.4, 0.5) is 8.78 Å². The van der Waals surface area contributed by atoms with Gasteiger partial charge < -0.3 is 9.64 Å². The van der Waals surface area contributed by atoms with Crippen LogP contribution in [-0.2, 0) is 9.53 Å². The summed E-state index contributed by atoms with van der Waals surface area (Å²) in [6, 6.07) is 2.66. The fourth-order valence-corrected chi connectivity index (χ4v) is 2.78. The molecule has 0 N–H and O–H groups in total. The van der Waals surface area contributed by atoms with Crippen molar-refractivity contribution in [2.24, 2.45) is 0 Å². The minimum atomic E-state index is -1.10. The van der Waals surface area contributed by atoms with E-state index in [1.807, 2.05) is 0 Å². The Labute approximate surface area is 128 Å². The van der Waals surface area contributed by atoms with Crippen molar-refractivity contribution in [2.75, 3.05) is 13.2 Å². The highest BCUT2D eigenvalue weighted by Gasteiger charge is 2.45. The van der Waals surface area contributed by atoms with Gasteiger partial charge in [-0.1, -0.05) is 0 Å². The van der Waals surface area contributed by atoms with Crippen LogP contribution < -0.4 is 0 Å². The van der Waals surface area contributed by atoms with E-state index in [1.54, 1.807) is 13.8 Å². The molecule has 0 saturated carbocycles. The molecule has 0 bridgehead atoms. The summed E-state index contributed by atoms with van der Waals surface area (Å²) in [7, 11) is 0. The van der Waals surface area contributed by atoms with Crippen LogP contribution in [-0.4, -0.2) is 35.5 Å². The minimum absolute atomic E-state index is 0.102. The smallest absolute Gasteiger partial charge is 0.331 e. The van der Waals surface area contributed by atoms with Crippen LogP contribution in [0.1, 0.15) is 43.5 Å². The summed E-state index contributed by atoms with van der Waals surface area (Å²) >= 11 is 0. The lowest BCUT2D eigenvalue weighted by molar-refractivity contribution is -0.157. The Kier molecular flexibility index (Phi) is 4.78. The fraction of sp³-hybridized carbons (Fsp3) is 0.500. The van der Waals surface area contributed by atoms with E-state index in [9.17, 15) is 18.4 Å².